The lowest BCUT2D eigenvalue weighted by Crippen LogP contribution is -2.33. The number of phosphoric acid groups is 1. The molecular formula is C10H14N5O8P. The first-order valence-electron chi connectivity index (χ1n) is 6.59. The quantitative estimate of drug-likeness (QED) is 0.311. The fraction of sp³-hybridized carbons (Fsp3) is 0.500. The van der Waals surface area contributed by atoms with Crippen LogP contribution in [0.4, 0.5) is 5.95 Å². The van der Waals surface area contributed by atoms with Gasteiger partial charge in [-0.2, -0.15) is 9.97 Å². The minimum atomic E-state index is -4.91. The maximum absolute atomic E-state index is 11.0. The monoisotopic (exact) mass is 363 g/mol. The molecule has 132 valence electrons. The van der Waals surface area contributed by atoms with Crippen LogP contribution in [-0.2, 0) is 9.30 Å². The smallest absolute Gasteiger partial charge is 0.394 e. The Bertz CT molecular complexity index is 808. The van der Waals surface area contributed by atoms with E-state index in [1.165, 1.54) is 4.57 Å². The lowest BCUT2D eigenvalue weighted by atomic mass is 10.1. The SMILES string of the molecule is Nc1nc(OP(=O)(O)O)c2ncn([C@@H]3O[C@H](CO)[C@@H](O)[C@H]3O)c2n1. The predicted octanol–water partition coefficient (Wildman–Crippen LogP) is -2.51. The van der Waals surface area contributed by atoms with E-state index in [-0.39, 0.29) is 17.1 Å². The summed E-state index contributed by atoms with van der Waals surface area (Å²) in [6.07, 6.45) is -3.78. The predicted molar refractivity (Wildman–Crippen MR) is 75.4 cm³/mol. The molecule has 14 heteroatoms. The number of nitrogens with zero attached hydrogens (tertiary/aromatic N) is 4. The van der Waals surface area contributed by atoms with E-state index in [9.17, 15) is 14.8 Å². The summed E-state index contributed by atoms with van der Waals surface area (Å²) in [5.41, 5.74) is 5.32. The van der Waals surface area contributed by atoms with Crippen LogP contribution in [0.2, 0.25) is 0 Å². The van der Waals surface area contributed by atoms with E-state index in [4.69, 9.17) is 25.4 Å². The van der Waals surface area contributed by atoms with Gasteiger partial charge in [0.15, 0.2) is 17.4 Å². The Morgan fingerprint density at radius 3 is 2.62 bits per heavy atom. The summed E-state index contributed by atoms with van der Waals surface area (Å²) in [7, 11) is -4.91. The summed E-state index contributed by atoms with van der Waals surface area (Å²) in [6.45, 7) is -0.523. The first-order chi connectivity index (χ1) is 11.2. The molecule has 2 aromatic heterocycles. The molecule has 1 fully saturated rings. The second-order valence-corrected chi connectivity index (χ2v) is 6.19. The second-order valence-electron chi connectivity index (χ2n) is 5.02. The third kappa shape index (κ3) is 2.93. The van der Waals surface area contributed by atoms with Gasteiger partial charge in [-0.25, -0.2) is 9.55 Å². The van der Waals surface area contributed by atoms with Crippen LogP contribution < -0.4 is 10.3 Å². The average Bonchev–Trinajstić information content (AvgIpc) is 3.00. The Morgan fingerprint density at radius 2 is 2.04 bits per heavy atom. The number of imidazole rings is 1. The van der Waals surface area contributed by atoms with Gasteiger partial charge in [0.25, 0.3) is 5.88 Å². The number of hydrogen-bond acceptors (Lipinski definition) is 10. The first-order valence-corrected chi connectivity index (χ1v) is 8.12. The molecule has 7 N–H and O–H groups in total. The molecule has 2 aromatic rings. The fourth-order valence-corrected chi connectivity index (χ4v) is 2.73. The van der Waals surface area contributed by atoms with Crippen molar-refractivity contribution < 1.29 is 38.9 Å². The molecule has 0 radical (unpaired) electrons. The number of hydrogen-bond donors (Lipinski definition) is 6. The summed E-state index contributed by atoms with van der Waals surface area (Å²) in [4.78, 5) is 29.2. The second kappa shape index (κ2) is 5.89. The third-order valence-corrected chi connectivity index (χ3v) is 3.81. The van der Waals surface area contributed by atoms with Gasteiger partial charge in [-0.3, -0.25) is 14.4 Å². The van der Waals surface area contributed by atoms with Crippen LogP contribution in [0.25, 0.3) is 11.2 Å². The molecule has 24 heavy (non-hydrogen) atoms. The van der Waals surface area contributed by atoms with Crippen molar-refractivity contribution in [1.82, 2.24) is 19.5 Å². The Hall–Kier alpha value is -1.86. The Morgan fingerprint density at radius 1 is 1.33 bits per heavy atom. The Kier molecular flexibility index (Phi) is 4.17. The van der Waals surface area contributed by atoms with Gasteiger partial charge in [-0.15, -0.1) is 0 Å². The molecule has 3 rings (SSSR count). The zero-order chi connectivity index (χ0) is 17.6. The molecule has 4 atom stereocenters. The van der Waals surface area contributed by atoms with E-state index in [1.807, 2.05) is 0 Å². The molecule has 1 saturated heterocycles. The zero-order valence-electron chi connectivity index (χ0n) is 11.9. The summed E-state index contributed by atoms with van der Waals surface area (Å²) < 4.78 is 22.0. The topological polar surface area (TPSA) is 206 Å². The van der Waals surface area contributed by atoms with Crippen LogP contribution in [0.5, 0.6) is 5.88 Å². The van der Waals surface area contributed by atoms with Crippen LogP contribution >= 0.6 is 7.82 Å². The van der Waals surface area contributed by atoms with E-state index >= 15 is 0 Å². The molecule has 0 aliphatic carbocycles. The standard InChI is InChI=1S/C10H14N5O8P/c11-10-13-7-4(8(14-10)23-24(19,20)21)12-2-15(7)9-6(18)5(17)3(1-16)22-9/h2-3,5-6,9,16-18H,1H2,(H2,11,13,14)(H2,19,20,21)/t3-,5-,6-,9-/m1/s1. The summed E-state index contributed by atoms with van der Waals surface area (Å²) in [5, 5.41) is 29.0. The van der Waals surface area contributed by atoms with Crippen molar-refractivity contribution in [3.63, 3.8) is 0 Å². The summed E-state index contributed by atoms with van der Waals surface area (Å²) >= 11 is 0. The van der Waals surface area contributed by atoms with Crippen LogP contribution in [0, 0.1) is 0 Å². The number of nitrogens with two attached hydrogens (primary N) is 1. The van der Waals surface area contributed by atoms with Crippen molar-refractivity contribution in [2.75, 3.05) is 12.3 Å². The number of nitrogen functional groups attached to an aromatic ring is 1. The highest BCUT2D eigenvalue weighted by Gasteiger charge is 2.44. The molecule has 0 aromatic carbocycles. The van der Waals surface area contributed by atoms with Crippen LogP contribution in [-0.4, -0.2) is 69.5 Å². The van der Waals surface area contributed by atoms with Gasteiger partial charge in [-0.1, -0.05) is 0 Å². The molecule has 0 saturated carbocycles. The maximum atomic E-state index is 11.0. The first kappa shape index (κ1) is 17.0. The largest absolute Gasteiger partial charge is 0.526 e. The minimum Gasteiger partial charge on any atom is -0.394 e. The van der Waals surface area contributed by atoms with Crippen molar-refractivity contribution in [3.8, 4) is 5.88 Å². The Balaban J connectivity index is 2.07. The van der Waals surface area contributed by atoms with Crippen molar-refractivity contribution in [2.24, 2.45) is 0 Å². The molecule has 1 aliphatic rings. The molecule has 3 heterocycles. The zero-order valence-corrected chi connectivity index (χ0v) is 12.8. The lowest BCUT2D eigenvalue weighted by Gasteiger charge is -2.16. The van der Waals surface area contributed by atoms with E-state index < -0.39 is 44.8 Å². The number of aliphatic hydroxyl groups is 3. The highest BCUT2D eigenvalue weighted by atomic mass is 31.2. The number of fused-ring (bicyclic) bond motifs is 1. The molecule has 0 unspecified atom stereocenters. The number of aromatic nitrogens is 4. The average molecular weight is 363 g/mol. The number of ether oxygens (including phenoxy) is 1. The Labute approximate surface area is 133 Å². The molecule has 13 nitrogen and oxygen atoms in total. The molecule has 0 spiro atoms. The number of rotatable bonds is 4. The summed E-state index contributed by atoms with van der Waals surface area (Å²) in [5.74, 6) is -0.907. The van der Waals surface area contributed by atoms with E-state index in [0.717, 1.165) is 6.33 Å². The van der Waals surface area contributed by atoms with Crippen molar-refractivity contribution in [3.05, 3.63) is 6.33 Å². The van der Waals surface area contributed by atoms with Gasteiger partial charge in [0.05, 0.1) is 12.9 Å². The van der Waals surface area contributed by atoms with Gasteiger partial charge >= 0.3 is 7.82 Å². The van der Waals surface area contributed by atoms with Gasteiger partial charge in [-0.05, 0) is 0 Å². The minimum absolute atomic E-state index is 0.0409. The van der Waals surface area contributed by atoms with E-state index in [2.05, 4.69) is 19.5 Å². The van der Waals surface area contributed by atoms with E-state index in [0.29, 0.717) is 0 Å². The highest BCUT2D eigenvalue weighted by Crippen LogP contribution is 2.40. The lowest BCUT2D eigenvalue weighted by molar-refractivity contribution is -0.0511. The van der Waals surface area contributed by atoms with Crippen molar-refractivity contribution in [1.29, 1.82) is 0 Å². The molecule has 0 bridgehead atoms. The van der Waals surface area contributed by atoms with Gasteiger partial charge < -0.3 is 30.3 Å². The maximum Gasteiger partial charge on any atom is 0.526 e. The fourth-order valence-electron chi connectivity index (χ4n) is 2.38. The van der Waals surface area contributed by atoms with Crippen molar-refractivity contribution >= 4 is 24.9 Å². The highest BCUT2D eigenvalue weighted by molar-refractivity contribution is 7.46. The number of aliphatic hydroxyl groups excluding tert-OH is 3. The van der Waals surface area contributed by atoms with E-state index in [1.54, 1.807) is 0 Å². The molecule has 0 amide bonds. The normalized spacial score (nSPS) is 27.7. The third-order valence-electron chi connectivity index (χ3n) is 3.40. The molecular weight excluding hydrogens is 349 g/mol. The number of phosphoric ester groups is 1. The van der Waals surface area contributed by atoms with Crippen LogP contribution in [0.15, 0.2) is 6.33 Å². The van der Waals surface area contributed by atoms with Crippen molar-refractivity contribution in [2.45, 2.75) is 24.5 Å². The van der Waals surface area contributed by atoms with Crippen LogP contribution in [0.1, 0.15) is 6.23 Å². The van der Waals surface area contributed by atoms with Gasteiger partial charge in [0.2, 0.25) is 5.95 Å². The van der Waals surface area contributed by atoms with Gasteiger partial charge in [0, 0.05) is 0 Å². The number of anilines is 1. The summed E-state index contributed by atoms with van der Waals surface area (Å²) in [6, 6.07) is 0. The van der Waals surface area contributed by atoms with Crippen LogP contribution in [0.3, 0.4) is 0 Å². The van der Waals surface area contributed by atoms with Gasteiger partial charge in [0.1, 0.15) is 18.3 Å². The molecule has 1 aliphatic heterocycles.